The number of aryl methyl sites for hydroxylation is 2. The van der Waals surface area contributed by atoms with Crippen molar-refractivity contribution in [2.24, 2.45) is 12.8 Å². The number of hydrogen-bond donors (Lipinski definition) is 2. The van der Waals surface area contributed by atoms with Gasteiger partial charge in [-0.05, 0) is 26.0 Å². The Morgan fingerprint density at radius 1 is 1.43 bits per heavy atom. The van der Waals surface area contributed by atoms with Crippen LogP contribution in [0.1, 0.15) is 33.0 Å². The summed E-state index contributed by atoms with van der Waals surface area (Å²) in [6.45, 7) is 4.71. The first-order valence-electron chi connectivity index (χ1n) is 6.45. The Balaban J connectivity index is 0.00000220. The van der Waals surface area contributed by atoms with Crippen LogP contribution in [0.2, 0.25) is 0 Å². The molecule has 2 aromatic rings. The maximum atomic E-state index is 12.1. The third-order valence-corrected chi connectivity index (χ3v) is 3.37. The second-order valence-electron chi connectivity index (χ2n) is 4.70. The number of rotatable bonds is 4. The molecule has 0 aliphatic carbocycles. The van der Waals surface area contributed by atoms with Crippen LogP contribution in [0.15, 0.2) is 18.3 Å². The zero-order valence-electron chi connectivity index (χ0n) is 12.4. The third kappa shape index (κ3) is 3.80. The molecule has 0 aliphatic rings. The summed E-state index contributed by atoms with van der Waals surface area (Å²) in [5.74, 6) is -0.134. The lowest BCUT2D eigenvalue weighted by molar-refractivity contribution is 0.0950. The van der Waals surface area contributed by atoms with E-state index < -0.39 is 0 Å². The van der Waals surface area contributed by atoms with Gasteiger partial charge in [0.1, 0.15) is 0 Å². The number of halogens is 1. The van der Waals surface area contributed by atoms with Gasteiger partial charge in [0.25, 0.3) is 5.91 Å². The van der Waals surface area contributed by atoms with Crippen LogP contribution in [-0.4, -0.2) is 20.7 Å². The fourth-order valence-corrected chi connectivity index (χ4v) is 2.08. The second-order valence-corrected chi connectivity index (χ2v) is 4.70. The number of carbonyl (C=O) groups is 1. The Morgan fingerprint density at radius 3 is 2.71 bits per heavy atom. The molecule has 2 rings (SSSR count). The number of aromatic nitrogens is 3. The van der Waals surface area contributed by atoms with Gasteiger partial charge in [0.15, 0.2) is 0 Å². The Bertz CT molecular complexity index is 638. The topological polar surface area (TPSA) is 85.8 Å². The van der Waals surface area contributed by atoms with E-state index in [9.17, 15) is 4.79 Å². The van der Waals surface area contributed by atoms with Gasteiger partial charge in [-0.1, -0.05) is 0 Å². The van der Waals surface area contributed by atoms with Gasteiger partial charge in [0, 0.05) is 43.2 Å². The van der Waals surface area contributed by atoms with Gasteiger partial charge in [0.2, 0.25) is 0 Å². The second kappa shape index (κ2) is 7.19. The van der Waals surface area contributed by atoms with E-state index >= 15 is 0 Å². The summed E-state index contributed by atoms with van der Waals surface area (Å²) in [7, 11) is 1.89. The Morgan fingerprint density at radius 2 is 2.14 bits per heavy atom. The van der Waals surface area contributed by atoms with Crippen molar-refractivity contribution in [3.63, 3.8) is 0 Å². The molecule has 114 valence electrons. The van der Waals surface area contributed by atoms with E-state index in [0.29, 0.717) is 24.3 Å². The zero-order valence-corrected chi connectivity index (χ0v) is 13.2. The van der Waals surface area contributed by atoms with Crippen LogP contribution in [-0.2, 0) is 20.1 Å². The first-order chi connectivity index (χ1) is 9.52. The van der Waals surface area contributed by atoms with Gasteiger partial charge < -0.3 is 11.1 Å². The molecule has 21 heavy (non-hydrogen) atoms. The number of nitrogens with one attached hydrogen (secondary N) is 1. The molecular formula is C14H20ClN5O. The fourth-order valence-electron chi connectivity index (χ4n) is 2.08. The Hall–Kier alpha value is -1.92. The zero-order chi connectivity index (χ0) is 14.7. The largest absolute Gasteiger partial charge is 0.348 e. The molecule has 0 spiro atoms. The van der Waals surface area contributed by atoms with Crippen molar-refractivity contribution in [1.29, 1.82) is 0 Å². The molecular weight excluding hydrogens is 290 g/mol. The quantitative estimate of drug-likeness (QED) is 0.890. The molecule has 0 aliphatic heterocycles. The molecule has 0 atom stereocenters. The summed E-state index contributed by atoms with van der Waals surface area (Å²) in [5.41, 5.74) is 9.83. The summed E-state index contributed by atoms with van der Waals surface area (Å²) >= 11 is 0. The predicted molar refractivity (Wildman–Crippen MR) is 83.2 cm³/mol. The summed E-state index contributed by atoms with van der Waals surface area (Å²) in [6, 6.07) is 3.38. The Labute approximate surface area is 130 Å². The fraction of sp³-hybridized carbons (Fsp3) is 0.357. The van der Waals surface area contributed by atoms with E-state index in [1.165, 1.54) is 0 Å². The van der Waals surface area contributed by atoms with Crippen molar-refractivity contribution in [2.45, 2.75) is 26.9 Å². The minimum Gasteiger partial charge on any atom is -0.348 e. The summed E-state index contributed by atoms with van der Waals surface area (Å²) in [6.07, 6.45) is 1.59. The molecule has 0 bridgehead atoms. The highest BCUT2D eigenvalue weighted by Gasteiger charge is 2.11. The monoisotopic (exact) mass is 309 g/mol. The van der Waals surface area contributed by atoms with E-state index in [4.69, 9.17) is 5.73 Å². The van der Waals surface area contributed by atoms with Crippen LogP contribution in [0.5, 0.6) is 0 Å². The number of nitrogens with zero attached hydrogens (tertiary/aromatic N) is 3. The molecule has 1 amide bonds. The lowest BCUT2D eigenvalue weighted by Gasteiger charge is -2.06. The van der Waals surface area contributed by atoms with Gasteiger partial charge in [-0.2, -0.15) is 5.10 Å². The van der Waals surface area contributed by atoms with Gasteiger partial charge in [-0.3, -0.25) is 14.5 Å². The van der Waals surface area contributed by atoms with Crippen LogP contribution < -0.4 is 11.1 Å². The standard InChI is InChI=1S/C14H19N5O.ClH/c1-9-13(10(2)19(3)18-9)8-17-14(20)11-4-5-16-12(6-11)7-15;/h4-6H,7-8,15H2,1-3H3,(H,17,20);1H. The minimum atomic E-state index is -0.134. The van der Waals surface area contributed by atoms with E-state index in [2.05, 4.69) is 15.4 Å². The van der Waals surface area contributed by atoms with Gasteiger partial charge in [-0.25, -0.2) is 0 Å². The smallest absolute Gasteiger partial charge is 0.251 e. The maximum absolute atomic E-state index is 12.1. The van der Waals surface area contributed by atoms with Crippen LogP contribution in [0.3, 0.4) is 0 Å². The van der Waals surface area contributed by atoms with Crippen molar-refractivity contribution in [3.8, 4) is 0 Å². The van der Waals surface area contributed by atoms with Crippen molar-refractivity contribution < 1.29 is 4.79 Å². The first-order valence-corrected chi connectivity index (χ1v) is 6.45. The molecule has 0 radical (unpaired) electrons. The number of amides is 1. The molecule has 3 N–H and O–H groups in total. The molecule has 7 heteroatoms. The third-order valence-electron chi connectivity index (χ3n) is 3.37. The molecule has 0 fully saturated rings. The van der Waals surface area contributed by atoms with Crippen molar-refractivity contribution in [1.82, 2.24) is 20.1 Å². The maximum Gasteiger partial charge on any atom is 0.251 e. The van der Waals surface area contributed by atoms with Gasteiger partial charge in [0.05, 0.1) is 11.4 Å². The lowest BCUT2D eigenvalue weighted by Crippen LogP contribution is -2.23. The van der Waals surface area contributed by atoms with E-state index in [1.807, 2.05) is 25.6 Å². The van der Waals surface area contributed by atoms with E-state index in [1.54, 1.807) is 18.3 Å². The van der Waals surface area contributed by atoms with Crippen molar-refractivity contribution in [3.05, 3.63) is 46.5 Å². The average molecular weight is 310 g/mol. The molecule has 6 nitrogen and oxygen atoms in total. The molecule has 0 aromatic carbocycles. The minimum absolute atomic E-state index is 0. The number of pyridine rings is 1. The highest BCUT2D eigenvalue weighted by molar-refractivity contribution is 5.94. The molecule has 0 saturated heterocycles. The summed E-state index contributed by atoms with van der Waals surface area (Å²) in [5, 5.41) is 7.23. The van der Waals surface area contributed by atoms with Crippen molar-refractivity contribution >= 4 is 18.3 Å². The number of carbonyl (C=O) groups excluding carboxylic acids is 1. The van der Waals surface area contributed by atoms with Crippen molar-refractivity contribution in [2.75, 3.05) is 0 Å². The van der Waals surface area contributed by atoms with Crippen LogP contribution in [0.25, 0.3) is 0 Å². The Kier molecular flexibility index (Phi) is 5.87. The highest BCUT2D eigenvalue weighted by atomic mass is 35.5. The van der Waals surface area contributed by atoms with Crippen LogP contribution in [0.4, 0.5) is 0 Å². The van der Waals surface area contributed by atoms with Crippen LogP contribution >= 0.6 is 12.4 Å². The number of nitrogens with two attached hydrogens (primary N) is 1. The molecule has 2 aromatic heterocycles. The van der Waals surface area contributed by atoms with Crippen LogP contribution in [0, 0.1) is 13.8 Å². The van der Waals surface area contributed by atoms with E-state index in [0.717, 1.165) is 17.0 Å². The summed E-state index contributed by atoms with van der Waals surface area (Å²) in [4.78, 5) is 16.2. The lowest BCUT2D eigenvalue weighted by atomic mass is 10.1. The van der Waals surface area contributed by atoms with Gasteiger partial charge >= 0.3 is 0 Å². The van der Waals surface area contributed by atoms with Gasteiger partial charge in [-0.15, -0.1) is 12.4 Å². The normalized spacial score (nSPS) is 10.1. The highest BCUT2D eigenvalue weighted by Crippen LogP contribution is 2.11. The predicted octanol–water partition coefficient (Wildman–Crippen LogP) is 1.24. The number of hydrogen-bond acceptors (Lipinski definition) is 4. The summed E-state index contributed by atoms with van der Waals surface area (Å²) < 4.78 is 1.82. The van der Waals surface area contributed by atoms with E-state index in [-0.39, 0.29) is 18.3 Å². The molecule has 2 heterocycles. The first kappa shape index (κ1) is 17.1. The molecule has 0 saturated carbocycles. The SMILES string of the molecule is Cc1nn(C)c(C)c1CNC(=O)c1ccnc(CN)c1.Cl. The average Bonchev–Trinajstić information content (AvgIpc) is 2.70. The molecule has 0 unspecified atom stereocenters.